The molecule has 132 valence electrons. The molecule has 0 bridgehead atoms. The minimum atomic E-state index is -0.733. The number of carbonyl (C=O) groups is 2. The molecule has 2 aromatic rings. The van der Waals surface area contributed by atoms with Crippen LogP contribution in [0.5, 0.6) is 5.75 Å². The summed E-state index contributed by atoms with van der Waals surface area (Å²) in [5.41, 5.74) is 6.74. The predicted molar refractivity (Wildman–Crippen MR) is 97.4 cm³/mol. The van der Waals surface area contributed by atoms with Gasteiger partial charge in [0, 0.05) is 5.02 Å². The second-order valence-corrected chi connectivity index (χ2v) is 6.03. The lowest BCUT2D eigenvalue weighted by atomic mass is 10.1. The van der Waals surface area contributed by atoms with E-state index in [1.54, 1.807) is 31.2 Å². The third-order valence-electron chi connectivity index (χ3n) is 3.62. The molecule has 25 heavy (non-hydrogen) atoms. The molecule has 2 rings (SSSR count). The van der Waals surface area contributed by atoms with Crippen LogP contribution >= 0.6 is 11.6 Å². The van der Waals surface area contributed by atoms with Gasteiger partial charge in [-0.05, 0) is 48.7 Å². The molecule has 6 heteroatoms. The molecule has 2 aromatic carbocycles. The Hall–Kier alpha value is -2.53. The van der Waals surface area contributed by atoms with E-state index >= 15 is 0 Å². The van der Waals surface area contributed by atoms with Crippen LogP contribution in [0.15, 0.2) is 48.5 Å². The molecule has 1 unspecified atom stereocenters. The maximum Gasteiger partial charge on any atom is 0.279 e. The van der Waals surface area contributed by atoms with E-state index in [0.717, 1.165) is 12.0 Å². The van der Waals surface area contributed by atoms with E-state index in [1.165, 1.54) is 5.56 Å². The number of rotatable bonds is 6. The van der Waals surface area contributed by atoms with Crippen LogP contribution in [-0.2, 0) is 22.4 Å². The quantitative estimate of drug-likeness (QED) is 0.778. The number of aryl methyl sites for hydroxylation is 1. The van der Waals surface area contributed by atoms with Crippen molar-refractivity contribution in [2.24, 2.45) is 0 Å². The first kappa shape index (κ1) is 18.8. The van der Waals surface area contributed by atoms with Crippen molar-refractivity contribution < 1.29 is 14.3 Å². The lowest BCUT2D eigenvalue weighted by Gasteiger charge is -2.15. The number of halogens is 1. The summed E-state index contributed by atoms with van der Waals surface area (Å²) >= 11 is 5.80. The highest BCUT2D eigenvalue weighted by Crippen LogP contribution is 2.14. The molecule has 0 saturated carbocycles. The SMILES string of the molecule is CCc1ccc(OC(C)C(=O)NNC(=O)Cc2ccc(Cl)cc2)cc1. The van der Waals surface area contributed by atoms with Crippen molar-refractivity contribution in [1.82, 2.24) is 10.9 Å². The van der Waals surface area contributed by atoms with Crippen molar-refractivity contribution in [3.63, 3.8) is 0 Å². The molecular formula is C19H21ClN2O3. The fourth-order valence-corrected chi connectivity index (χ4v) is 2.25. The summed E-state index contributed by atoms with van der Waals surface area (Å²) in [7, 11) is 0. The highest BCUT2D eigenvalue weighted by Gasteiger charge is 2.15. The number of hydrogen-bond donors (Lipinski definition) is 2. The van der Waals surface area contributed by atoms with Crippen LogP contribution in [0.4, 0.5) is 0 Å². The Balaban J connectivity index is 1.77. The van der Waals surface area contributed by atoms with Crippen LogP contribution in [0.1, 0.15) is 25.0 Å². The van der Waals surface area contributed by atoms with E-state index in [4.69, 9.17) is 16.3 Å². The molecule has 0 aliphatic heterocycles. The van der Waals surface area contributed by atoms with Gasteiger partial charge < -0.3 is 4.74 Å². The molecule has 2 N–H and O–H groups in total. The van der Waals surface area contributed by atoms with Crippen LogP contribution in [0.2, 0.25) is 5.02 Å². The van der Waals surface area contributed by atoms with Crippen LogP contribution in [0, 0.1) is 0 Å². The van der Waals surface area contributed by atoms with Crippen molar-refractivity contribution in [2.75, 3.05) is 0 Å². The van der Waals surface area contributed by atoms with Gasteiger partial charge in [0.05, 0.1) is 6.42 Å². The average molecular weight is 361 g/mol. The van der Waals surface area contributed by atoms with E-state index in [2.05, 4.69) is 17.8 Å². The van der Waals surface area contributed by atoms with Gasteiger partial charge in [-0.2, -0.15) is 0 Å². The Labute approximate surface area is 152 Å². The Bertz CT molecular complexity index is 714. The zero-order chi connectivity index (χ0) is 18.2. The highest BCUT2D eigenvalue weighted by atomic mass is 35.5. The maximum atomic E-state index is 12.0. The fraction of sp³-hybridized carbons (Fsp3) is 0.263. The molecule has 0 aliphatic carbocycles. The number of carbonyl (C=O) groups excluding carboxylic acids is 2. The number of hydrogen-bond acceptors (Lipinski definition) is 3. The van der Waals surface area contributed by atoms with Gasteiger partial charge in [0.15, 0.2) is 6.10 Å². The first-order valence-corrected chi connectivity index (χ1v) is 8.44. The van der Waals surface area contributed by atoms with E-state index < -0.39 is 12.0 Å². The molecule has 0 aliphatic rings. The number of nitrogens with one attached hydrogen (secondary N) is 2. The van der Waals surface area contributed by atoms with Crippen LogP contribution in [0.3, 0.4) is 0 Å². The van der Waals surface area contributed by atoms with Crippen LogP contribution in [0.25, 0.3) is 0 Å². The standard InChI is InChI=1S/C19H21ClN2O3/c1-3-14-6-10-17(11-7-14)25-13(2)19(24)22-21-18(23)12-15-4-8-16(20)9-5-15/h4-11,13H,3,12H2,1-2H3,(H,21,23)(H,22,24). The summed E-state index contributed by atoms with van der Waals surface area (Å²) in [4.78, 5) is 23.9. The van der Waals surface area contributed by atoms with Crippen molar-refractivity contribution in [3.8, 4) is 5.75 Å². The van der Waals surface area contributed by atoms with Crippen molar-refractivity contribution in [1.29, 1.82) is 0 Å². The van der Waals surface area contributed by atoms with Gasteiger partial charge in [-0.15, -0.1) is 0 Å². The monoisotopic (exact) mass is 360 g/mol. The highest BCUT2D eigenvalue weighted by molar-refractivity contribution is 6.30. The number of amides is 2. The van der Waals surface area contributed by atoms with Gasteiger partial charge in [-0.3, -0.25) is 20.4 Å². The van der Waals surface area contributed by atoms with Gasteiger partial charge in [0.1, 0.15) is 5.75 Å². The molecule has 0 radical (unpaired) electrons. The summed E-state index contributed by atoms with van der Waals surface area (Å²) < 4.78 is 5.56. The van der Waals surface area contributed by atoms with Crippen molar-refractivity contribution >= 4 is 23.4 Å². The molecule has 0 heterocycles. The zero-order valence-corrected chi connectivity index (χ0v) is 15.0. The Morgan fingerprint density at radius 1 is 1.00 bits per heavy atom. The summed E-state index contributed by atoms with van der Waals surface area (Å²) in [6.45, 7) is 3.69. The number of ether oxygens (including phenoxy) is 1. The predicted octanol–water partition coefficient (Wildman–Crippen LogP) is 3.06. The first-order chi connectivity index (χ1) is 12.0. The van der Waals surface area contributed by atoms with E-state index in [-0.39, 0.29) is 12.3 Å². The molecule has 1 atom stereocenters. The summed E-state index contributed by atoms with van der Waals surface area (Å²) in [6.07, 6.45) is 0.351. The molecule has 0 aromatic heterocycles. The van der Waals surface area contributed by atoms with Crippen LogP contribution in [-0.4, -0.2) is 17.9 Å². The Morgan fingerprint density at radius 2 is 1.60 bits per heavy atom. The second-order valence-electron chi connectivity index (χ2n) is 5.60. The number of benzene rings is 2. The third kappa shape index (κ3) is 6.12. The fourth-order valence-electron chi connectivity index (χ4n) is 2.13. The molecule has 5 nitrogen and oxygen atoms in total. The van der Waals surface area contributed by atoms with Gasteiger partial charge in [-0.25, -0.2) is 0 Å². The van der Waals surface area contributed by atoms with Gasteiger partial charge in [0.25, 0.3) is 5.91 Å². The lowest BCUT2D eigenvalue weighted by Crippen LogP contribution is -2.47. The summed E-state index contributed by atoms with van der Waals surface area (Å²) in [5, 5.41) is 0.607. The van der Waals surface area contributed by atoms with E-state index in [9.17, 15) is 9.59 Å². The van der Waals surface area contributed by atoms with Crippen LogP contribution < -0.4 is 15.6 Å². The molecule has 2 amide bonds. The third-order valence-corrected chi connectivity index (χ3v) is 3.87. The van der Waals surface area contributed by atoms with E-state index in [1.807, 2.05) is 24.3 Å². The average Bonchev–Trinajstić information content (AvgIpc) is 2.62. The largest absolute Gasteiger partial charge is 0.481 e. The van der Waals surface area contributed by atoms with E-state index in [0.29, 0.717) is 10.8 Å². The molecular weight excluding hydrogens is 340 g/mol. The van der Waals surface area contributed by atoms with Crippen molar-refractivity contribution in [2.45, 2.75) is 32.8 Å². The van der Waals surface area contributed by atoms with Gasteiger partial charge >= 0.3 is 0 Å². The lowest BCUT2D eigenvalue weighted by molar-refractivity contribution is -0.132. The first-order valence-electron chi connectivity index (χ1n) is 8.06. The zero-order valence-electron chi connectivity index (χ0n) is 14.2. The minimum Gasteiger partial charge on any atom is -0.481 e. The molecule has 0 fully saturated rings. The summed E-state index contributed by atoms with van der Waals surface area (Å²) in [5.74, 6) is -0.147. The minimum absolute atomic E-state index is 0.144. The number of hydrazine groups is 1. The normalized spacial score (nSPS) is 11.5. The topological polar surface area (TPSA) is 67.4 Å². The Kier molecular flexibility index (Phi) is 6.83. The molecule has 0 spiro atoms. The maximum absolute atomic E-state index is 12.0. The van der Waals surface area contributed by atoms with Crippen molar-refractivity contribution in [3.05, 3.63) is 64.7 Å². The smallest absolute Gasteiger partial charge is 0.279 e. The Morgan fingerprint density at radius 3 is 2.20 bits per heavy atom. The second kappa shape index (κ2) is 9.08. The summed E-state index contributed by atoms with van der Waals surface area (Å²) in [6, 6.07) is 14.5. The van der Waals surface area contributed by atoms with Gasteiger partial charge in [-0.1, -0.05) is 42.8 Å². The molecule has 0 saturated heterocycles. The van der Waals surface area contributed by atoms with Gasteiger partial charge in [0.2, 0.25) is 5.91 Å².